The maximum absolute atomic E-state index is 4.29. The predicted molar refractivity (Wildman–Crippen MR) is 68.5 cm³/mol. The summed E-state index contributed by atoms with van der Waals surface area (Å²) in [4.78, 5) is 0. The number of aryl methyl sites for hydroxylation is 1. The van der Waals surface area contributed by atoms with Crippen LogP contribution in [0.25, 0.3) is 0 Å². The summed E-state index contributed by atoms with van der Waals surface area (Å²) in [6.07, 6.45) is 1.95. The number of aromatic nitrogens is 2. The fourth-order valence-corrected chi connectivity index (χ4v) is 1.99. The lowest BCUT2D eigenvalue weighted by Gasteiger charge is -2.21. The third-order valence-corrected chi connectivity index (χ3v) is 3.41. The fraction of sp³-hybridized carbons (Fsp3) is 0.727. The van der Waals surface area contributed by atoms with Gasteiger partial charge in [0, 0.05) is 35.9 Å². The van der Waals surface area contributed by atoms with E-state index >= 15 is 0 Å². The van der Waals surface area contributed by atoms with Gasteiger partial charge < -0.3 is 5.32 Å². The molecule has 0 fully saturated rings. The highest BCUT2D eigenvalue weighted by Gasteiger charge is 2.13. The van der Waals surface area contributed by atoms with Crippen molar-refractivity contribution in [3.8, 4) is 0 Å². The van der Waals surface area contributed by atoms with Crippen LogP contribution in [0.1, 0.15) is 27.7 Å². The van der Waals surface area contributed by atoms with Crippen molar-refractivity contribution in [3.05, 3.63) is 12.3 Å². The molecule has 1 heterocycles. The van der Waals surface area contributed by atoms with Crippen LogP contribution in [0, 0.1) is 0 Å². The molecule has 1 rings (SSSR count). The van der Waals surface area contributed by atoms with Crippen LogP contribution in [0.2, 0.25) is 0 Å². The number of hydrogen-bond donors (Lipinski definition) is 1. The molecule has 0 aromatic carbocycles. The highest BCUT2D eigenvalue weighted by Crippen LogP contribution is 2.24. The van der Waals surface area contributed by atoms with E-state index in [1.807, 2.05) is 35.8 Å². The minimum atomic E-state index is 0.333. The lowest BCUT2D eigenvalue weighted by atomic mass is 10.3. The second kappa shape index (κ2) is 4.92. The van der Waals surface area contributed by atoms with Crippen molar-refractivity contribution in [1.82, 2.24) is 9.78 Å². The minimum absolute atomic E-state index is 0.333. The highest BCUT2D eigenvalue weighted by molar-refractivity contribution is 8.00. The van der Waals surface area contributed by atoms with Crippen LogP contribution in [0.4, 0.5) is 5.82 Å². The summed E-state index contributed by atoms with van der Waals surface area (Å²) in [5, 5.41) is 7.67. The lowest BCUT2D eigenvalue weighted by molar-refractivity contribution is 0.760. The van der Waals surface area contributed by atoms with E-state index in [0.29, 0.717) is 10.8 Å². The van der Waals surface area contributed by atoms with Gasteiger partial charge in [-0.05, 0) is 6.92 Å². The van der Waals surface area contributed by atoms with Crippen LogP contribution in [-0.2, 0) is 7.05 Å². The van der Waals surface area contributed by atoms with Gasteiger partial charge in [-0.2, -0.15) is 16.9 Å². The van der Waals surface area contributed by atoms with E-state index in [9.17, 15) is 0 Å². The Balaban J connectivity index is 2.33. The topological polar surface area (TPSA) is 29.9 Å². The number of rotatable bonds is 4. The molecule has 1 unspecified atom stereocenters. The van der Waals surface area contributed by atoms with Crippen LogP contribution in [-0.4, -0.2) is 26.3 Å². The zero-order chi connectivity index (χ0) is 11.5. The van der Waals surface area contributed by atoms with Gasteiger partial charge in [-0.1, -0.05) is 20.8 Å². The first-order chi connectivity index (χ1) is 6.87. The second-order valence-electron chi connectivity index (χ2n) is 4.84. The Labute approximate surface area is 96.6 Å². The second-order valence-corrected chi connectivity index (χ2v) is 6.69. The van der Waals surface area contributed by atoms with Crippen molar-refractivity contribution in [2.24, 2.45) is 7.05 Å². The Morgan fingerprint density at radius 2 is 2.20 bits per heavy atom. The number of thioether (sulfide) groups is 1. The molecule has 3 nitrogen and oxygen atoms in total. The first-order valence-corrected chi connectivity index (χ1v) is 6.25. The molecule has 0 aliphatic rings. The summed E-state index contributed by atoms with van der Waals surface area (Å²) in [7, 11) is 1.93. The largest absolute Gasteiger partial charge is 0.365 e. The van der Waals surface area contributed by atoms with Gasteiger partial charge >= 0.3 is 0 Å². The molecule has 1 atom stereocenters. The van der Waals surface area contributed by atoms with Crippen molar-refractivity contribution in [1.29, 1.82) is 0 Å². The predicted octanol–water partition coefficient (Wildman–Crippen LogP) is 2.75. The summed E-state index contributed by atoms with van der Waals surface area (Å²) in [5.41, 5.74) is 0. The van der Waals surface area contributed by atoms with Crippen molar-refractivity contribution in [2.45, 2.75) is 38.5 Å². The van der Waals surface area contributed by atoms with E-state index in [2.05, 4.69) is 38.1 Å². The molecule has 0 aliphatic heterocycles. The molecule has 1 aromatic rings. The van der Waals surface area contributed by atoms with Crippen LogP contribution in [0.15, 0.2) is 12.3 Å². The maximum atomic E-state index is 4.29. The highest BCUT2D eigenvalue weighted by atomic mass is 32.2. The van der Waals surface area contributed by atoms with Crippen molar-refractivity contribution < 1.29 is 0 Å². The zero-order valence-electron chi connectivity index (χ0n) is 10.2. The van der Waals surface area contributed by atoms with Crippen LogP contribution < -0.4 is 5.32 Å². The maximum Gasteiger partial charge on any atom is 0.148 e. The van der Waals surface area contributed by atoms with E-state index in [-0.39, 0.29) is 0 Å². The summed E-state index contributed by atoms with van der Waals surface area (Å²) >= 11 is 1.97. The van der Waals surface area contributed by atoms with E-state index in [0.717, 1.165) is 11.6 Å². The van der Waals surface area contributed by atoms with E-state index in [1.165, 1.54) is 0 Å². The summed E-state index contributed by atoms with van der Waals surface area (Å²) in [6.45, 7) is 8.91. The van der Waals surface area contributed by atoms with Crippen LogP contribution in [0.3, 0.4) is 0 Å². The third kappa shape index (κ3) is 5.11. The molecule has 86 valence electrons. The normalized spacial score (nSPS) is 13.9. The monoisotopic (exact) mass is 227 g/mol. The minimum Gasteiger partial charge on any atom is -0.365 e. The van der Waals surface area contributed by atoms with Gasteiger partial charge in [0.2, 0.25) is 0 Å². The molecule has 4 heteroatoms. The van der Waals surface area contributed by atoms with Crippen LogP contribution >= 0.6 is 11.8 Å². The molecule has 15 heavy (non-hydrogen) atoms. The Bertz CT molecular complexity index is 301. The van der Waals surface area contributed by atoms with Gasteiger partial charge in [0.25, 0.3) is 0 Å². The van der Waals surface area contributed by atoms with Crippen molar-refractivity contribution >= 4 is 17.6 Å². The number of nitrogens with zero attached hydrogens (tertiary/aromatic N) is 2. The molecular weight excluding hydrogens is 206 g/mol. The first-order valence-electron chi connectivity index (χ1n) is 5.27. The molecule has 0 radical (unpaired) electrons. The molecule has 0 saturated heterocycles. The summed E-state index contributed by atoms with van der Waals surface area (Å²) < 4.78 is 2.14. The van der Waals surface area contributed by atoms with Gasteiger partial charge in [0.05, 0.1) is 0 Å². The van der Waals surface area contributed by atoms with Gasteiger partial charge in [0.15, 0.2) is 0 Å². The van der Waals surface area contributed by atoms with Gasteiger partial charge in [-0.25, -0.2) is 0 Å². The standard InChI is InChI=1S/C11H21N3S/c1-9(8-15-11(2,3)4)12-10-6-7-14(5)13-10/h6-7,9H,8H2,1-5H3,(H,12,13). The van der Waals surface area contributed by atoms with E-state index < -0.39 is 0 Å². The van der Waals surface area contributed by atoms with E-state index in [4.69, 9.17) is 0 Å². The quantitative estimate of drug-likeness (QED) is 0.858. The molecule has 1 N–H and O–H groups in total. The molecular formula is C11H21N3S. The molecule has 0 saturated carbocycles. The lowest BCUT2D eigenvalue weighted by Crippen LogP contribution is -2.22. The van der Waals surface area contributed by atoms with Crippen molar-refractivity contribution in [2.75, 3.05) is 11.1 Å². The summed E-state index contributed by atoms with van der Waals surface area (Å²) in [6, 6.07) is 2.45. The Kier molecular flexibility index (Phi) is 4.08. The van der Waals surface area contributed by atoms with Crippen LogP contribution in [0.5, 0.6) is 0 Å². The molecule has 0 bridgehead atoms. The molecule has 1 aromatic heterocycles. The Morgan fingerprint density at radius 1 is 1.53 bits per heavy atom. The van der Waals surface area contributed by atoms with E-state index in [1.54, 1.807) is 0 Å². The number of nitrogens with one attached hydrogen (secondary N) is 1. The molecule has 0 aliphatic carbocycles. The average molecular weight is 227 g/mol. The van der Waals surface area contributed by atoms with Gasteiger partial charge in [0.1, 0.15) is 5.82 Å². The third-order valence-electron chi connectivity index (χ3n) is 1.87. The number of anilines is 1. The van der Waals surface area contributed by atoms with Gasteiger partial charge in [-0.3, -0.25) is 4.68 Å². The smallest absolute Gasteiger partial charge is 0.148 e. The SMILES string of the molecule is CC(CSC(C)(C)C)Nc1ccn(C)n1. The Hall–Kier alpha value is -0.640. The average Bonchev–Trinajstić information content (AvgIpc) is 2.47. The van der Waals surface area contributed by atoms with Crippen molar-refractivity contribution in [3.63, 3.8) is 0 Å². The summed E-state index contributed by atoms with van der Waals surface area (Å²) in [5.74, 6) is 2.06. The number of hydrogen-bond acceptors (Lipinski definition) is 3. The zero-order valence-corrected chi connectivity index (χ0v) is 11.1. The fourth-order valence-electron chi connectivity index (χ4n) is 1.16. The Morgan fingerprint density at radius 3 is 2.67 bits per heavy atom. The van der Waals surface area contributed by atoms with Gasteiger partial charge in [-0.15, -0.1) is 0 Å². The molecule has 0 spiro atoms. The molecule has 0 amide bonds. The first kappa shape index (κ1) is 12.4.